The second-order valence-electron chi connectivity index (χ2n) is 5.95. The van der Waals surface area contributed by atoms with Crippen molar-refractivity contribution in [3.8, 4) is 0 Å². The highest BCUT2D eigenvalue weighted by Crippen LogP contribution is 2.27. The second-order valence-corrected chi connectivity index (χ2v) is 6.39. The molecule has 0 spiro atoms. The van der Waals surface area contributed by atoms with Crippen LogP contribution < -0.4 is 5.43 Å². The molecule has 3 heteroatoms. The molecule has 0 atom stereocenters. The average molecular weight is 345 g/mol. The van der Waals surface area contributed by atoms with Gasteiger partial charge in [-0.05, 0) is 45.3 Å². The van der Waals surface area contributed by atoms with Crippen LogP contribution in [0.2, 0.25) is 5.02 Å². The fourth-order valence-electron chi connectivity index (χ4n) is 3.04. The number of hydrazone groups is 1. The van der Waals surface area contributed by atoms with Crippen LogP contribution in [0.3, 0.4) is 0 Å². The Morgan fingerprint density at radius 1 is 0.800 bits per heavy atom. The molecule has 122 valence electrons. The first-order valence-corrected chi connectivity index (χ1v) is 8.60. The Labute approximate surface area is 151 Å². The maximum atomic E-state index is 5.91. The molecule has 0 aliphatic rings. The molecule has 0 aliphatic carbocycles. The van der Waals surface area contributed by atoms with Crippen molar-refractivity contribution in [2.24, 2.45) is 5.10 Å². The smallest absolute Gasteiger partial charge is 0.0580 e. The van der Waals surface area contributed by atoms with E-state index in [-0.39, 0.29) is 0 Å². The van der Waals surface area contributed by atoms with Crippen molar-refractivity contribution >= 4 is 39.4 Å². The summed E-state index contributed by atoms with van der Waals surface area (Å²) in [5.41, 5.74) is 5.40. The van der Waals surface area contributed by atoms with Crippen LogP contribution >= 0.6 is 11.6 Å². The van der Waals surface area contributed by atoms with E-state index in [1.165, 1.54) is 21.5 Å². The lowest BCUT2D eigenvalue weighted by Crippen LogP contribution is -2.05. The Morgan fingerprint density at radius 3 is 2.04 bits per heavy atom. The van der Waals surface area contributed by atoms with E-state index in [0.29, 0.717) is 6.54 Å². The van der Waals surface area contributed by atoms with Crippen molar-refractivity contribution in [2.45, 2.75) is 6.54 Å². The molecule has 1 N–H and O–H groups in total. The summed E-state index contributed by atoms with van der Waals surface area (Å²) in [6.45, 7) is 0.663. The Morgan fingerprint density at radius 2 is 1.40 bits per heavy atom. The predicted octanol–water partition coefficient (Wildman–Crippen LogP) is 5.77. The Balaban J connectivity index is 1.66. The molecular formula is C22H17ClN2. The first kappa shape index (κ1) is 15.7. The molecule has 0 saturated heterocycles. The summed E-state index contributed by atoms with van der Waals surface area (Å²) < 4.78 is 0. The van der Waals surface area contributed by atoms with Crippen LogP contribution in [0, 0.1) is 0 Å². The lowest BCUT2D eigenvalue weighted by molar-refractivity contribution is 0.748. The summed E-state index contributed by atoms with van der Waals surface area (Å²) in [4.78, 5) is 0. The number of hydrogen-bond donors (Lipinski definition) is 1. The monoisotopic (exact) mass is 344 g/mol. The van der Waals surface area contributed by atoms with E-state index in [1.807, 2.05) is 30.5 Å². The van der Waals surface area contributed by atoms with Gasteiger partial charge in [-0.15, -0.1) is 0 Å². The molecule has 4 aromatic rings. The third kappa shape index (κ3) is 3.35. The number of nitrogens with zero attached hydrogens (tertiary/aromatic N) is 1. The summed E-state index contributed by atoms with van der Waals surface area (Å²) in [5.74, 6) is 0. The first-order valence-electron chi connectivity index (χ1n) is 8.22. The normalized spacial score (nSPS) is 11.4. The van der Waals surface area contributed by atoms with Crippen molar-refractivity contribution < 1.29 is 0 Å². The van der Waals surface area contributed by atoms with E-state index in [9.17, 15) is 0 Å². The summed E-state index contributed by atoms with van der Waals surface area (Å²) in [7, 11) is 0. The molecule has 0 fully saturated rings. The molecule has 0 radical (unpaired) electrons. The van der Waals surface area contributed by atoms with Crippen LogP contribution in [0.25, 0.3) is 21.5 Å². The van der Waals surface area contributed by atoms with Gasteiger partial charge in [-0.1, -0.05) is 72.3 Å². The van der Waals surface area contributed by atoms with Crippen LogP contribution in [-0.2, 0) is 6.54 Å². The molecule has 0 amide bonds. The molecule has 0 unspecified atom stereocenters. The van der Waals surface area contributed by atoms with Crippen LogP contribution in [0.1, 0.15) is 11.1 Å². The maximum absolute atomic E-state index is 5.91. The third-order valence-electron chi connectivity index (χ3n) is 4.29. The average Bonchev–Trinajstić information content (AvgIpc) is 2.66. The summed E-state index contributed by atoms with van der Waals surface area (Å²) in [5, 5.41) is 10.1. The summed E-state index contributed by atoms with van der Waals surface area (Å²) in [6, 6.07) is 26.8. The minimum absolute atomic E-state index is 0.663. The topological polar surface area (TPSA) is 24.4 Å². The largest absolute Gasteiger partial charge is 0.306 e. The van der Waals surface area contributed by atoms with Crippen molar-refractivity contribution in [3.63, 3.8) is 0 Å². The third-order valence-corrected chi connectivity index (χ3v) is 4.55. The van der Waals surface area contributed by atoms with Gasteiger partial charge in [0.25, 0.3) is 0 Å². The Bertz CT molecular complexity index is 998. The number of fused-ring (bicyclic) bond motifs is 2. The molecular weight excluding hydrogens is 328 g/mol. The van der Waals surface area contributed by atoms with Gasteiger partial charge < -0.3 is 5.43 Å². The van der Waals surface area contributed by atoms with E-state index in [0.717, 1.165) is 16.1 Å². The van der Waals surface area contributed by atoms with Crippen molar-refractivity contribution in [2.75, 3.05) is 0 Å². The standard InChI is InChI=1S/C22H17ClN2/c23-19-11-9-16(10-12-19)14-24-25-15-22-20-7-3-1-5-17(20)13-18-6-2-4-8-21(18)22/h1-13,15,24H,14H2. The first-order chi connectivity index (χ1) is 12.3. The van der Waals surface area contributed by atoms with E-state index in [2.05, 4.69) is 65.1 Å². The second kappa shape index (κ2) is 6.96. The van der Waals surface area contributed by atoms with Crippen LogP contribution in [-0.4, -0.2) is 6.21 Å². The fourth-order valence-corrected chi connectivity index (χ4v) is 3.16. The van der Waals surface area contributed by atoms with Crippen molar-refractivity contribution in [1.29, 1.82) is 0 Å². The highest BCUT2D eigenvalue weighted by molar-refractivity contribution is 6.30. The van der Waals surface area contributed by atoms with Crippen LogP contribution in [0.5, 0.6) is 0 Å². The Hall–Kier alpha value is -2.84. The maximum Gasteiger partial charge on any atom is 0.0580 e. The number of benzene rings is 4. The minimum Gasteiger partial charge on any atom is -0.306 e. The SMILES string of the molecule is Clc1ccc(CNN=Cc2c3ccccc3cc3ccccc23)cc1. The van der Waals surface area contributed by atoms with E-state index in [1.54, 1.807) is 0 Å². The van der Waals surface area contributed by atoms with E-state index in [4.69, 9.17) is 11.6 Å². The highest BCUT2D eigenvalue weighted by Gasteiger charge is 2.05. The predicted molar refractivity (Wildman–Crippen MR) is 107 cm³/mol. The molecule has 0 aliphatic heterocycles. The highest BCUT2D eigenvalue weighted by atomic mass is 35.5. The number of nitrogens with one attached hydrogen (secondary N) is 1. The van der Waals surface area contributed by atoms with Gasteiger partial charge >= 0.3 is 0 Å². The van der Waals surface area contributed by atoms with Crippen LogP contribution in [0.15, 0.2) is 84.0 Å². The lowest BCUT2D eigenvalue weighted by Gasteiger charge is -2.08. The van der Waals surface area contributed by atoms with Gasteiger partial charge in [-0.2, -0.15) is 5.10 Å². The lowest BCUT2D eigenvalue weighted by atomic mass is 9.97. The summed E-state index contributed by atoms with van der Waals surface area (Å²) >= 11 is 5.91. The number of rotatable bonds is 4. The molecule has 0 bridgehead atoms. The molecule has 0 heterocycles. The van der Waals surface area contributed by atoms with Gasteiger partial charge in [-0.3, -0.25) is 0 Å². The van der Waals surface area contributed by atoms with Gasteiger partial charge in [0.2, 0.25) is 0 Å². The molecule has 2 nitrogen and oxygen atoms in total. The number of hydrogen-bond acceptors (Lipinski definition) is 2. The minimum atomic E-state index is 0.663. The van der Waals surface area contributed by atoms with E-state index >= 15 is 0 Å². The number of halogens is 1. The molecule has 25 heavy (non-hydrogen) atoms. The Kier molecular flexibility index (Phi) is 4.36. The molecule has 0 aromatic heterocycles. The zero-order valence-corrected chi connectivity index (χ0v) is 14.4. The van der Waals surface area contributed by atoms with Gasteiger partial charge in [0.1, 0.15) is 0 Å². The van der Waals surface area contributed by atoms with Gasteiger partial charge in [0, 0.05) is 10.6 Å². The zero-order chi connectivity index (χ0) is 17.1. The van der Waals surface area contributed by atoms with Crippen molar-refractivity contribution in [3.05, 3.63) is 95.0 Å². The fraction of sp³-hybridized carbons (Fsp3) is 0.0455. The molecule has 4 aromatic carbocycles. The summed E-state index contributed by atoms with van der Waals surface area (Å²) in [6.07, 6.45) is 1.92. The molecule has 4 rings (SSSR count). The van der Waals surface area contributed by atoms with E-state index < -0.39 is 0 Å². The molecule has 0 saturated carbocycles. The quantitative estimate of drug-likeness (QED) is 0.283. The van der Waals surface area contributed by atoms with Crippen molar-refractivity contribution in [1.82, 2.24) is 5.43 Å². The van der Waals surface area contributed by atoms with Gasteiger partial charge in [0.05, 0.1) is 12.8 Å². The zero-order valence-electron chi connectivity index (χ0n) is 13.6. The van der Waals surface area contributed by atoms with Gasteiger partial charge in [0.15, 0.2) is 0 Å². The van der Waals surface area contributed by atoms with Gasteiger partial charge in [-0.25, -0.2) is 0 Å². The van der Waals surface area contributed by atoms with Crippen LogP contribution in [0.4, 0.5) is 0 Å².